The average Bonchev–Trinajstić information content (AvgIpc) is 3.26. The molecule has 8 heteroatoms. The first-order valence-corrected chi connectivity index (χ1v) is 12.2. The Balaban J connectivity index is 1.23. The summed E-state index contributed by atoms with van der Waals surface area (Å²) >= 11 is 0. The second-order valence-electron chi connectivity index (χ2n) is 9.43. The topological polar surface area (TPSA) is 105 Å². The maximum Gasteiger partial charge on any atom is 0.252 e. The van der Waals surface area contributed by atoms with Crippen molar-refractivity contribution in [1.82, 2.24) is 24.9 Å². The Kier molecular flexibility index (Phi) is 6.60. The number of amides is 2. The van der Waals surface area contributed by atoms with Gasteiger partial charge in [-0.15, -0.1) is 0 Å². The molecule has 0 bridgehead atoms. The van der Waals surface area contributed by atoms with Crippen LogP contribution in [0, 0.1) is 0 Å². The fourth-order valence-electron chi connectivity index (χ4n) is 4.51. The largest absolute Gasteiger partial charge is 0.351 e. The number of rotatable bonds is 7. The number of carbonyl (C=O) groups excluding carboxylic acids is 2. The van der Waals surface area contributed by atoms with Crippen molar-refractivity contribution in [2.24, 2.45) is 5.73 Å². The van der Waals surface area contributed by atoms with Crippen LogP contribution in [0.15, 0.2) is 48.8 Å². The van der Waals surface area contributed by atoms with Gasteiger partial charge >= 0.3 is 0 Å². The van der Waals surface area contributed by atoms with E-state index in [0.717, 1.165) is 62.2 Å². The third-order valence-electron chi connectivity index (χ3n) is 6.92. The lowest BCUT2D eigenvalue weighted by Gasteiger charge is -2.29. The van der Waals surface area contributed by atoms with Crippen LogP contribution >= 0.6 is 0 Å². The number of pyridine rings is 1. The number of imidazole rings is 1. The maximum atomic E-state index is 12.7. The molecule has 0 unspecified atom stereocenters. The molecule has 1 aromatic carbocycles. The number of nitrogens with one attached hydrogen (secondary N) is 2. The fraction of sp³-hybridized carbons (Fsp3) is 0.423. The molecule has 8 nitrogen and oxygen atoms in total. The third kappa shape index (κ3) is 5.13. The van der Waals surface area contributed by atoms with Crippen LogP contribution in [0.1, 0.15) is 52.8 Å². The number of piperidine rings is 1. The standard InChI is InChI=1S/C26H32N6O2/c27-21-9-12-31(13-10-21)14-11-28-25(33)19-4-1-3-18(15-19)23-17-32-16-20(7-8-24(32)30-23)26(34)29-22-5-2-6-22/h1,3-4,7-8,15-17,21-22H,2,5-6,9-14,27H2,(H,28,33)(H,29,34). The Labute approximate surface area is 199 Å². The molecule has 3 aromatic rings. The molecular formula is C26H32N6O2. The van der Waals surface area contributed by atoms with Crippen LogP contribution in [0.25, 0.3) is 16.9 Å². The maximum absolute atomic E-state index is 12.7. The third-order valence-corrected chi connectivity index (χ3v) is 6.92. The van der Waals surface area contributed by atoms with Crippen LogP contribution in [-0.4, -0.2) is 64.4 Å². The van der Waals surface area contributed by atoms with Crippen LogP contribution in [-0.2, 0) is 0 Å². The first-order valence-electron chi connectivity index (χ1n) is 12.2. The van der Waals surface area contributed by atoms with Crippen LogP contribution in [0.3, 0.4) is 0 Å². The minimum Gasteiger partial charge on any atom is -0.351 e. The van der Waals surface area contributed by atoms with E-state index < -0.39 is 0 Å². The monoisotopic (exact) mass is 460 g/mol. The van der Waals surface area contributed by atoms with E-state index in [1.165, 1.54) is 6.42 Å². The molecular weight excluding hydrogens is 428 g/mol. The summed E-state index contributed by atoms with van der Waals surface area (Å²) in [5.74, 6) is -0.137. The SMILES string of the molecule is NC1CCN(CCNC(=O)c2cccc(-c3cn4cc(C(=O)NC5CCC5)ccc4n3)c2)CC1. The molecule has 0 radical (unpaired) electrons. The lowest BCUT2D eigenvalue weighted by Crippen LogP contribution is -2.43. The average molecular weight is 461 g/mol. The predicted molar refractivity (Wildman–Crippen MR) is 132 cm³/mol. The quantitative estimate of drug-likeness (QED) is 0.502. The fourth-order valence-corrected chi connectivity index (χ4v) is 4.51. The summed E-state index contributed by atoms with van der Waals surface area (Å²) in [7, 11) is 0. The highest BCUT2D eigenvalue weighted by Gasteiger charge is 2.20. The Morgan fingerprint density at radius 2 is 1.82 bits per heavy atom. The van der Waals surface area contributed by atoms with E-state index in [-0.39, 0.29) is 11.8 Å². The number of carbonyl (C=O) groups is 2. The van der Waals surface area contributed by atoms with Crippen LogP contribution in [0.2, 0.25) is 0 Å². The Morgan fingerprint density at radius 1 is 1.00 bits per heavy atom. The van der Waals surface area contributed by atoms with Gasteiger partial charge in [0.1, 0.15) is 5.65 Å². The highest BCUT2D eigenvalue weighted by atomic mass is 16.2. The zero-order valence-corrected chi connectivity index (χ0v) is 19.4. The normalized spacial score (nSPS) is 17.4. The van der Waals surface area contributed by atoms with Gasteiger partial charge in [-0.3, -0.25) is 9.59 Å². The van der Waals surface area contributed by atoms with Crippen LogP contribution in [0.4, 0.5) is 0 Å². The van der Waals surface area contributed by atoms with Crippen molar-refractivity contribution in [1.29, 1.82) is 0 Å². The lowest BCUT2D eigenvalue weighted by molar-refractivity contribution is 0.0914. The Morgan fingerprint density at radius 3 is 2.59 bits per heavy atom. The van der Waals surface area contributed by atoms with E-state index in [0.29, 0.717) is 29.8 Å². The van der Waals surface area contributed by atoms with E-state index in [4.69, 9.17) is 5.73 Å². The number of fused-ring (bicyclic) bond motifs is 1. The van der Waals surface area contributed by atoms with Crippen molar-refractivity contribution in [3.63, 3.8) is 0 Å². The van der Waals surface area contributed by atoms with Gasteiger partial charge in [0.2, 0.25) is 0 Å². The van der Waals surface area contributed by atoms with Crippen molar-refractivity contribution >= 4 is 17.5 Å². The number of aromatic nitrogens is 2. The number of benzene rings is 1. The molecule has 2 aromatic heterocycles. The van der Waals surface area contributed by atoms with E-state index in [2.05, 4.69) is 20.5 Å². The molecule has 1 saturated carbocycles. The Hall–Kier alpha value is -3.23. The van der Waals surface area contributed by atoms with Gasteiger partial charge < -0.3 is 25.7 Å². The first-order chi connectivity index (χ1) is 16.5. The lowest BCUT2D eigenvalue weighted by atomic mass is 9.93. The summed E-state index contributed by atoms with van der Waals surface area (Å²) in [6.45, 7) is 3.42. The van der Waals surface area contributed by atoms with E-state index in [9.17, 15) is 9.59 Å². The molecule has 3 heterocycles. The molecule has 1 saturated heterocycles. The molecule has 2 aliphatic rings. The molecule has 0 spiro atoms. The highest BCUT2D eigenvalue weighted by Crippen LogP contribution is 2.22. The van der Waals surface area contributed by atoms with Crippen molar-refractivity contribution in [2.45, 2.75) is 44.2 Å². The summed E-state index contributed by atoms with van der Waals surface area (Å²) in [6.07, 6.45) is 9.03. The van der Waals surface area contributed by atoms with Crippen molar-refractivity contribution in [2.75, 3.05) is 26.2 Å². The van der Waals surface area contributed by atoms with Gasteiger partial charge in [-0.05, 0) is 69.5 Å². The molecule has 0 atom stereocenters. The van der Waals surface area contributed by atoms with E-state index >= 15 is 0 Å². The van der Waals surface area contributed by atoms with Gasteiger partial charge in [0.05, 0.1) is 11.3 Å². The van der Waals surface area contributed by atoms with Gasteiger partial charge in [0.25, 0.3) is 11.8 Å². The molecule has 5 rings (SSSR count). The summed E-state index contributed by atoms with van der Waals surface area (Å²) < 4.78 is 1.86. The van der Waals surface area contributed by atoms with Gasteiger partial charge in [-0.2, -0.15) is 0 Å². The number of likely N-dealkylation sites (tertiary alicyclic amines) is 1. The zero-order valence-electron chi connectivity index (χ0n) is 19.4. The molecule has 178 valence electrons. The number of hydrogen-bond donors (Lipinski definition) is 3. The first kappa shape index (κ1) is 22.6. The zero-order chi connectivity index (χ0) is 23.5. The van der Waals surface area contributed by atoms with Crippen molar-refractivity contribution in [3.8, 4) is 11.3 Å². The predicted octanol–water partition coefficient (Wildman–Crippen LogP) is 2.44. The molecule has 2 amide bonds. The van der Waals surface area contributed by atoms with Crippen molar-refractivity contribution in [3.05, 3.63) is 59.9 Å². The van der Waals surface area contributed by atoms with Crippen LogP contribution in [0.5, 0.6) is 0 Å². The van der Waals surface area contributed by atoms with E-state index in [1.54, 1.807) is 6.07 Å². The molecule has 1 aliphatic heterocycles. The number of nitrogens with two attached hydrogens (primary N) is 1. The van der Waals surface area contributed by atoms with E-state index in [1.807, 2.05) is 47.1 Å². The molecule has 34 heavy (non-hydrogen) atoms. The summed E-state index contributed by atoms with van der Waals surface area (Å²) in [5.41, 5.74) is 9.56. The summed E-state index contributed by atoms with van der Waals surface area (Å²) in [4.78, 5) is 32.2. The Bertz CT molecular complexity index is 1180. The number of hydrogen-bond acceptors (Lipinski definition) is 5. The summed E-state index contributed by atoms with van der Waals surface area (Å²) in [5, 5.41) is 6.10. The van der Waals surface area contributed by atoms with Gasteiger partial charge in [-0.25, -0.2) is 4.98 Å². The number of nitrogens with zero attached hydrogens (tertiary/aromatic N) is 3. The highest BCUT2D eigenvalue weighted by molar-refractivity contribution is 5.95. The minimum atomic E-state index is -0.0886. The smallest absolute Gasteiger partial charge is 0.252 e. The molecule has 2 fully saturated rings. The van der Waals surface area contributed by atoms with Crippen molar-refractivity contribution < 1.29 is 9.59 Å². The van der Waals surface area contributed by atoms with Crippen LogP contribution < -0.4 is 16.4 Å². The summed E-state index contributed by atoms with van der Waals surface area (Å²) in [6, 6.07) is 11.8. The van der Waals surface area contributed by atoms with Gasteiger partial charge in [0, 0.05) is 48.7 Å². The molecule has 1 aliphatic carbocycles. The second-order valence-corrected chi connectivity index (χ2v) is 9.43. The molecule has 4 N–H and O–H groups in total. The second kappa shape index (κ2) is 9.95. The van der Waals surface area contributed by atoms with Gasteiger partial charge in [-0.1, -0.05) is 12.1 Å². The van der Waals surface area contributed by atoms with Gasteiger partial charge in [0.15, 0.2) is 0 Å². The minimum absolute atomic E-state index is 0.0482.